The normalized spacial score (nSPS) is 24.6. The van der Waals surface area contributed by atoms with E-state index in [-0.39, 0.29) is 6.03 Å². The quantitative estimate of drug-likeness (QED) is 0.879. The highest BCUT2D eigenvalue weighted by atomic mass is 16.5. The molecule has 0 saturated heterocycles. The van der Waals surface area contributed by atoms with Crippen LogP contribution < -0.4 is 15.4 Å². The molecule has 22 heavy (non-hydrogen) atoms. The number of carbonyl (C=O) groups is 1. The van der Waals surface area contributed by atoms with Gasteiger partial charge in [0, 0.05) is 24.8 Å². The van der Waals surface area contributed by atoms with Crippen molar-refractivity contribution in [2.24, 2.45) is 11.8 Å². The molecule has 1 aromatic rings. The Hall–Kier alpha value is -1.78. The molecule has 3 rings (SSSR count). The fourth-order valence-corrected chi connectivity index (χ4v) is 3.54. The minimum absolute atomic E-state index is 0.0703. The molecule has 1 aromatic heterocycles. The Kier molecular flexibility index (Phi) is 4.80. The first-order valence-corrected chi connectivity index (χ1v) is 8.29. The zero-order chi connectivity index (χ0) is 15.4. The Labute approximate surface area is 131 Å². The van der Waals surface area contributed by atoms with Gasteiger partial charge in [-0.2, -0.15) is 0 Å². The summed E-state index contributed by atoms with van der Waals surface area (Å²) in [5.41, 5.74) is 0.988. The molecule has 0 radical (unpaired) electrons. The lowest BCUT2D eigenvalue weighted by Crippen LogP contribution is -2.37. The summed E-state index contributed by atoms with van der Waals surface area (Å²) in [6.07, 6.45) is 9.66. The highest BCUT2D eigenvalue weighted by Crippen LogP contribution is 2.44. The molecule has 2 atom stereocenters. The van der Waals surface area contributed by atoms with Gasteiger partial charge in [-0.3, -0.25) is 0 Å². The largest absolute Gasteiger partial charge is 0.481 e. The molecule has 2 N–H and O–H groups in total. The number of pyridine rings is 1. The van der Waals surface area contributed by atoms with Crippen molar-refractivity contribution >= 4 is 6.03 Å². The average molecular weight is 303 g/mol. The average Bonchev–Trinajstić information content (AvgIpc) is 3.33. The van der Waals surface area contributed by atoms with Gasteiger partial charge in [0.25, 0.3) is 0 Å². The number of rotatable bonds is 5. The molecule has 2 amide bonds. The van der Waals surface area contributed by atoms with Crippen LogP contribution in [0.3, 0.4) is 0 Å². The smallest absolute Gasteiger partial charge is 0.315 e. The first kappa shape index (κ1) is 15.1. The summed E-state index contributed by atoms with van der Waals surface area (Å²) in [5.74, 6) is 2.12. The Morgan fingerprint density at radius 3 is 2.95 bits per heavy atom. The molecular weight excluding hydrogens is 278 g/mol. The van der Waals surface area contributed by atoms with Gasteiger partial charge in [0.1, 0.15) is 0 Å². The molecule has 0 aliphatic heterocycles. The Bertz CT molecular complexity index is 514. The van der Waals surface area contributed by atoms with Gasteiger partial charge >= 0.3 is 6.03 Å². The molecule has 120 valence electrons. The lowest BCUT2D eigenvalue weighted by Gasteiger charge is -2.21. The lowest BCUT2D eigenvalue weighted by molar-refractivity contribution is 0.237. The van der Waals surface area contributed by atoms with E-state index in [2.05, 4.69) is 15.6 Å². The van der Waals surface area contributed by atoms with Gasteiger partial charge in [-0.25, -0.2) is 9.78 Å². The number of aromatic nitrogens is 1. The lowest BCUT2D eigenvalue weighted by atomic mass is 9.85. The molecule has 5 heteroatoms. The Morgan fingerprint density at radius 2 is 2.18 bits per heavy atom. The molecule has 2 aliphatic rings. The summed E-state index contributed by atoms with van der Waals surface area (Å²) in [7, 11) is 1.59. The van der Waals surface area contributed by atoms with Crippen LogP contribution in [0.2, 0.25) is 0 Å². The maximum Gasteiger partial charge on any atom is 0.315 e. The predicted molar refractivity (Wildman–Crippen MR) is 84.6 cm³/mol. The van der Waals surface area contributed by atoms with Crippen LogP contribution in [0.25, 0.3) is 0 Å². The third-order valence-corrected chi connectivity index (χ3v) is 4.87. The summed E-state index contributed by atoms with van der Waals surface area (Å²) in [6.45, 7) is 0.492. The highest BCUT2D eigenvalue weighted by Gasteiger charge is 2.43. The zero-order valence-electron chi connectivity index (χ0n) is 13.2. The van der Waals surface area contributed by atoms with Gasteiger partial charge in [-0.15, -0.1) is 0 Å². The zero-order valence-corrected chi connectivity index (χ0v) is 13.2. The van der Waals surface area contributed by atoms with Crippen LogP contribution in [0.1, 0.15) is 44.1 Å². The van der Waals surface area contributed by atoms with Crippen molar-refractivity contribution < 1.29 is 9.53 Å². The van der Waals surface area contributed by atoms with E-state index in [4.69, 9.17) is 4.74 Å². The highest BCUT2D eigenvalue weighted by molar-refractivity contribution is 5.74. The van der Waals surface area contributed by atoms with Crippen molar-refractivity contribution in [2.45, 2.75) is 51.1 Å². The molecule has 0 aromatic carbocycles. The summed E-state index contributed by atoms with van der Waals surface area (Å²) in [4.78, 5) is 16.0. The number of ether oxygens (including phenoxy) is 1. The molecule has 0 unspecified atom stereocenters. The van der Waals surface area contributed by atoms with E-state index in [1.165, 1.54) is 32.1 Å². The third-order valence-electron chi connectivity index (χ3n) is 4.87. The van der Waals surface area contributed by atoms with E-state index in [1.807, 2.05) is 12.1 Å². The maximum atomic E-state index is 12.0. The molecule has 5 nitrogen and oxygen atoms in total. The minimum atomic E-state index is -0.0703. The number of hydrogen-bond acceptors (Lipinski definition) is 3. The summed E-state index contributed by atoms with van der Waals surface area (Å²) >= 11 is 0. The summed E-state index contributed by atoms with van der Waals surface area (Å²) < 4.78 is 5.08. The number of carbonyl (C=O) groups excluding carboxylic acids is 1. The van der Waals surface area contributed by atoms with E-state index in [9.17, 15) is 4.79 Å². The van der Waals surface area contributed by atoms with Crippen LogP contribution >= 0.6 is 0 Å². The van der Waals surface area contributed by atoms with E-state index in [0.717, 1.165) is 17.9 Å². The van der Waals surface area contributed by atoms with Crippen molar-refractivity contribution in [1.29, 1.82) is 0 Å². The van der Waals surface area contributed by atoms with Gasteiger partial charge in [-0.05, 0) is 29.9 Å². The number of nitrogens with one attached hydrogen (secondary N) is 2. The first-order chi connectivity index (χ1) is 10.8. The van der Waals surface area contributed by atoms with Crippen molar-refractivity contribution in [3.63, 3.8) is 0 Å². The third kappa shape index (κ3) is 3.90. The fraction of sp³-hybridized carbons (Fsp3) is 0.647. The molecule has 0 spiro atoms. The minimum Gasteiger partial charge on any atom is -0.481 e. The molecule has 0 bridgehead atoms. The van der Waals surface area contributed by atoms with E-state index >= 15 is 0 Å². The number of hydrogen-bond donors (Lipinski definition) is 2. The van der Waals surface area contributed by atoms with Crippen molar-refractivity contribution in [1.82, 2.24) is 15.6 Å². The molecular formula is C17H25N3O2. The number of urea groups is 1. The molecule has 2 fully saturated rings. The van der Waals surface area contributed by atoms with Gasteiger partial charge in [-0.1, -0.05) is 32.1 Å². The second-order valence-corrected chi connectivity index (χ2v) is 6.44. The second-order valence-electron chi connectivity index (χ2n) is 6.44. The molecule has 2 aliphatic carbocycles. The molecule has 1 heterocycles. The van der Waals surface area contributed by atoms with Crippen LogP contribution in [0.5, 0.6) is 5.88 Å². The van der Waals surface area contributed by atoms with Crippen LogP contribution in [0, 0.1) is 11.8 Å². The van der Waals surface area contributed by atoms with Crippen LogP contribution in [0.15, 0.2) is 18.3 Å². The second kappa shape index (κ2) is 6.99. The van der Waals surface area contributed by atoms with E-state index in [0.29, 0.717) is 24.4 Å². The van der Waals surface area contributed by atoms with E-state index < -0.39 is 0 Å². The maximum absolute atomic E-state index is 12.0. The predicted octanol–water partition coefficient (Wildman–Crippen LogP) is 2.86. The van der Waals surface area contributed by atoms with Crippen LogP contribution in [-0.2, 0) is 6.54 Å². The summed E-state index contributed by atoms with van der Waals surface area (Å²) in [5, 5.41) is 6.01. The van der Waals surface area contributed by atoms with Gasteiger partial charge in [0.05, 0.1) is 7.11 Å². The fourth-order valence-electron chi connectivity index (χ4n) is 3.54. The van der Waals surface area contributed by atoms with Crippen LogP contribution in [0.4, 0.5) is 4.79 Å². The summed E-state index contributed by atoms with van der Waals surface area (Å²) in [6, 6.07) is 4.03. The van der Waals surface area contributed by atoms with Crippen molar-refractivity contribution in [3.8, 4) is 5.88 Å². The van der Waals surface area contributed by atoms with Crippen LogP contribution in [-0.4, -0.2) is 24.2 Å². The number of methoxy groups -OCH3 is 1. The van der Waals surface area contributed by atoms with Crippen molar-refractivity contribution in [3.05, 3.63) is 23.9 Å². The monoisotopic (exact) mass is 303 g/mol. The standard InChI is InChI=1S/C17H25N3O2/c1-22-16-9-12(7-8-18-16)11-19-17(21)20-15-10-14(15)13-5-3-2-4-6-13/h7-9,13-15H,2-6,10-11H2,1H3,(H2,19,20,21)/t14-,15+/m0/s1. The molecule has 2 saturated carbocycles. The number of amides is 2. The first-order valence-electron chi connectivity index (χ1n) is 8.29. The topological polar surface area (TPSA) is 63.2 Å². The van der Waals surface area contributed by atoms with Gasteiger partial charge in [0.2, 0.25) is 5.88 Å². The van der Waals surface area contributed by atoms with Crippen molar-refractivity contribution in [2.75, 3.05) is 7.11 Å². The van der Waals surface area contributed by atoms with Gasteiger partial charge in [0.15, 0.2) is 0 Å². The SMILES string of the molecule is COc1cc(CNC(=O)N[C@@H]2C[C@H]2C2CCCCC2)ccn1. The van der Waals surface area contributed by atoms with Gasteiger partial charge < -0.3 is 15.4 Å². The number of nitrogens with zero attached hydrogens (tertiary/aromatic N) is 1. The van der Waals surface area contributed by atoms with E-state index in [1.54, 1.807) is 13.3 Å². The Balaban J connectivity index is 1.40. The Morgan fingerprint density at radius 1 is 1.36 bits per heavy atom.